The summed E-state index contributed by atoms with van der Waals surface area (Å²) >= 11 is 0. The second kappa shape index (κ2) is 8.46. The molecule has 2 aromatic heterocycles. The van der Waals surface area contributed by atoms with E-state index in [1.165, 1.54) is 4.68 Å². The Kier molecular flexibility index (Phi) is 5.56. The summed E-state index contributed by atoms with van der Waals surface area (Å²) in [7, 11) is 3.78. The summed E-state index contributed by atoms with van der Waals surface area (Å²) in [5.74, 6) is -0.624. The monoisotopic (exact) mass is 413 g/mol. The van der Waals surface area contributed by atoms with Gasteiger partial charge in [0.15, 0.2) is 0 Å². The number of hydrogen-bond donors (Lipinski definition) is 0. The topological polar surface area (TPSA) is 74.8 Å². The maximum Gasteiger partial charge on any atom is 0.274 e. The van der Waals surface area contributed by atoms with Gasteiger partial charge in [0.1, 0.15) is 5.69 Å². The first-order valence-electron chi connectivity index (χ1n) is 9.75. The molecule has 0 atom stereocenters. The molecule has 0 aliphatic carbocycles. The first kappa shape index (κ1) is 20.4. The highest BCUT2D eigenvalue weighted by Gasteiger charge is 2.17. The molecular formula is C24H20FN5O. The minimum Gasteiger partial charge on any atom is -0.304 e. The number of hydrogen-bond acceptors (Lipinski definition) is 5. The highest BCUT2D eigenvalue weighted by molar-refractivity contribution is 5.93. The molecule has 2 aromatic carbocycles. The summed E-state index contributed by atoms with van der Waals surface area (Å²) < 4.78 is 16.3. The second-order valence-corrected chi connectivity index (χ2v) is 7.54. The number of aromatic nitrogens is 3. The fourth-order valence-corrected chi connectivity index (χ4v) is 3.46. The molecule has 0 spiro atoms. The van der Waals surface area contributed by atoms with Gasteiger partial charge >= 0.3 is 0 Å². The van der Waals surface area contributed by atoms with E-state index < -0.39 is 5.95 Å². The lowest BCUT2D eigenvalue weighted by molar-refractivity contribution is 0.393. The van der Waals surface area contributed by atoms with Crippen LogP contribution in [0.2, 0.25) is 0 Å². The van der Waals surface area contributed by atoms with Crippen LogP contribution in [0.3, 0.4) is 0 Å². The van der Waals surface area contributed by atoms with Crippen molar-refractivity contribution < 1.29 is 4.39 Å². The Labute approximate surface area is 178 Å². The van der Waals surface area contributed by atoms with Gasteiger partial charge in [-0.3, -0.25) is 4.79 Å². The van der Waals surface area contributed by atoms with Crippen LogP contribution in [0.1, 0.15) is 16.8 Å². The summed E-state index contributed by atoms with van der Waals surface area (Å²) in [5, 5.41) is 14.5. The summed E-state index contributed by atoms with van der Waals surface area (Å²) in [6.07, 6.45) is 0. The molecule has 0 bridgehead atoms. The molecule has 0 aliphatic rings. The lowest BCUT2D eigenvalue weighted by Crippen LogP contribution is -2.24. The SMILES string of the molecule is CN(C)Cc1ccc(-c2nn(Cc3ccc(C#N)cc3)c(=O)c3ccccc23)c(F)n1. The molecule has 4 aromatic rings. The van der Waals surface area contributed by atoms with E-state index in [1.54, 1.807) is 60.7 Å². The summed E-state index contributed by atoms with van der Waals surface area (Å²) in [4.78, 5) is 19.0. The van der Waals surface area contributed by atoms with Crippen LogP contribution in [0.5, 0.6) is 0 Å². The van der Waals surface area contributed by atoms with Gasteiger partial charge in [0.2, 0.25) is 5.95 Å². The molecule has 0 aliphatic heterocycles. The smallest absolute Gasteiger partial charge is 0.274 e. The van der Waals surface area contributed by atoms with Crippen molar-refractivity contribution in [3.8, 4) is 17.3 Å². The molecule has 0 saturated carbocycles. The van der Waals surface area contributed by atoms with Crippen LogP contribution in [-0.4, -0.2) is 33.8 Å². The van der Waals surface area contributed by atoms with Gasteiger partial charge in [-0.15, -0.1) is 0 Å². The second-order valence-electron chi connectivity index (χ2n) is 7.54. The molecule has 4 rings (SSSR count). The molecule has 0 saturated heterocycles. The maximum absolute atomic E-state index is 15.0. The lowest BCUT2D eigenvalue weighted by Gasteiger charge is -2.13. The summed E-state index contributed by atoms with van der Waals surface area (Å²) in [5.41, 5.74) is 2.31. The first-order valence-corrected chi connectivity index (χ1v) is 9.75. The van der Waals surface area contributed by atoms with Crippen molar-refractivity contribution in [3.63, 3.8) is 0 Å². The molecule has 2 heterocycles. The van der Waals surface area contributed by atoms with Crippen LogP contribution >= 0.6 is 0 Å². The molecule has 0 fully saturated rings. The van der Waals surface area contributed by atoms with Crippen molar-refractivity contribution in [1.82, 2.24) is 19.7 Å². The average Bonchev–Trinajstić information content (AvgIpc) is 2.76. The van der Waals surface area contributed by atoms with Crippen LogP contribution in [-0.2, 0) is 13.1 Å². The Balaban J connectivity index is 1.84. The quantitative estimate of drug-likeness (QED) is 0.468. The standard InChI is InChI=1S/C24H20FN5O/c1-29(2)15-18-11-12-21(23(25)27-18)22-19-5-3-4-6-20(19)24(31)30(28-22)14-17-9-7-16(13-26)8-10-17/h3-12H,14-15H2,1-2H3. The highest BCUT2D eigenvalue weighted by Crippen LogP contribution is 2.26. The van der Waals surface area contributed by atoms with E-state index in [0.717, 1.165) is 5.56 Å². The van der Waals surface area contributed by atoms with E-state index in [4.69, 9.17) is 5.26 Å². The lowest BCUT2D eigenvalue weighted by atomic mass is 10.1. The van der Waals surface area contributed by atoms with Gasteiger partial charge in [0.25, 0.3) is 5.56 Å². The van der Waals surface area contributed by atoms with Crippen molar-refractivity contribution in [2.75, 3.05) is 14.1 Å². The van der Waals surface area contributed by atoms with E-state index in [9.17, 15) is 9.18 Å². The van der Waals surface area contributed by atoms with Gasteiger partial charge in [-0.1, -0.05) is 30.3 Å². The summed E-state index contributed by atoms with van der Waals surface area (Å²) in [6, 6.07) is 19.5. The van der Waals surface area contributed by atoms with Crippen LogP contribution in [0.4, 0.5) is 4.39 Å². The minimum atomic E-state index is -0.624. The molecule has 6 nitrogen and oxygen atoms in total. The molecule has 7 heteroatoms. The number of pyridine rings is 1. The number of fused-ring (bicyclic) bond motifs is 1. The molecule has 0 radical (unpaired) electrons. The third kappa shape index (κ3) is 4.20. The normalized spacial score (nSPS) is 11.1. The van der Waals surface area contributed by atoms with Crippen LogP contribution < -0.4 is 5.56 Å². The molecule has 0 N–H and O–H groups in total. The van der Waals surface area contributed by atoms with E-state index in [0.29, 0.717) is 34.3 Å². The third-order valence-corrected chi connectivity index (χ3v) is 4.92. The summed E-state index contributed by atoms with van der Waals surface area (Å²) in [6.45, 7) is 0.722. The van der Waals surface area contributed by atoms with E-state index in [-0.39, 0.29) is 17.7 Å². The van der Waals surface area contributed by atoms with Crippen LogP contribution in [0.15, 0.2) is 65.5 Å². The zero-order valence-electron chi connectivity index (χ0n) is 17.2. The maximum atomic E-state index is 15.0. The van der Waals surface area contributed by atoms with Crippen molar-refractivity contribution in [3.05, 3.63) is 93.8 Å². The Morgan fingerprint density at radius 3 is 2.39 bits per heavy atom. The predicted octanol–water partition coefficient (Wildman–Crippen LogP) is 3.58. The van der Waals surface area contributed by atoms with Gasteiger partial charge < -0.3 is 4.90 Å². The molecular weight excluding hydrogens is 393 g/mol. The Morgan fingerprint density at radius 2 is 1.74 bits per heavy atom. The number of halogens is 1. The van der Waals surface area contributed by atoms with Gasteiger partial charge in [-0.05, 0) is 50.0 Å². The predicted molar refractivity (Wildman–Crippen MR) is 117 cm³/mol. The van der Waals surface area contributed by atoms with Crippen molar-refractivity contribution >= 4 is 10.8 Å². The van der Waals surface area contributed by atoms with E-state index >= 15 is 0 Å². The van der Waals surface area contributed by atoms with Crippen LogP contribution in [0.25, 0.3) is 22.0 Å². The first-order chi connectivity index (χ1) is 15.0. The molecule has 31 heavy (non-hydrogen) atoms. The Hall–Kier alpha value is -3.89. The van der Waals surface area contributed by atoms with E-state index in [1.807, 2.05) is 19.0 Å². The average molecular weight is 413 g/mol. The number of rotatable bonds is 5. The minimum absolute atomic E-state index is 0.205. The third-order valence-electron chi connectivity index (χ3n) is 4.92. The highest BCUT2D eigenvalue weighted by atomic mass is 19.1. The Bertz CT molecular complexity index is 1350. The largest absolute Gasteiger partial charge is 0.304 e. The fraction of sp³-hybridized carbons (Fsp3) is 0.167. The zero-order valence-corrected chi connectivity index (χ0v) is 17.2. The fourth-order valence-electron chi connectivity index (χ4n) is 3.46. The number of nitrogens with zero attached hydrogens (tertiary/aromatic N) is 5. The van der Waals surface area contributed by atoms with Gasteiger partial charge in [-0.2, -0.15) is 14.8 Å². The van der Waals surface area contributed by atoms with Crippen molar-refractivity contribution in [2.45, 2.75) is 13.1 Å². The number of nitriles is 1. The zero-order chi connectivity index (χ0) is 22.0. The molecule has 0 amide bonds. The van der Waals surface area contributed by atoms with Crippen molar-refractivity contribution in [1.29, 1.82) is 5.26 Å². The molecule has 154 valence electrons. The number of benzene rings is 2. The van der Waals surface area contributed by atoms with E-state index in [2.05, 4.69) is 16.2 Å². The van der Waals surface area contributed by atoms with Crippen molar-refractivity contribution in [2.24, 2.45) is 0 Å². The molecule has 0 unspecified atom stereocenters. The van der Waals surface area contributed by atoms with Crippen LogP contribution in [0, 0.1) is 17.3 Å². The Morgan fingerprint density at radius 1 is 1.03 bits per heavy atom. The van der Waals surface area contributed by atoms with Gasteiger partial charge in [-0.25, -0.2) is 9.67 Å². The van der Waals surface area contributed by atoms with Gasteiger partial charge in [0, 0.05) is 11.9 Å². The van der Waals surface area contributed by atoms with Gasteiger partial charge in [0.05, 0.1) is 34.8 Å².